The van der Waals surface area contributed by atoms with Gasteiger partial charge in [0.2, 0.25) is 0 Å². The summed E-state index contributed by atoms with van der Waals surface area (Å²) in [6.07, 6.45) is 4.06. The zero-order valence-electron chi connectivity index (χ0n) is 10.1. The molecule has 0 radical (unpaired) electrons. The first-order chi connectivity index (χ1) is 7.54. The monoisotopic (exact) mass is 221 g/mol. The highest BCUT2D eigenvalue weighted by Gasteiger charge is 2.50. The molecule has 2 atom stereocenters. The fraction of sp³-hybridized carbons (Fsp3) is 0.615. The highest BCUT2D eigenvalue weighted by molar-refractivity contribution is 5.27. The second-order valence-electron chi connectivity index (χ2n) is 5.13. The molecule has 1 fully saturated rings. The summed E-state index contributed by atoms with van der Waals surface area (Å²) in [4.78, 5) is 4.10. The third-order valence-corrected chi connectivity index (χ3v) is 3.36. The van der Waals surface area contributed by atoms with E-state index in [0.29, 0.717) is 12.5 Å². The molecule has 2 unspecified atom stereocenters. The van der Waals surface area contributed by atoms with Crippen LogP contribution < -0.4 is 4.74 Å². The van der Waals surface area contributed by atoms with Crippen molar-refractivity contribution in [2.24, 2.45) is 11.3 Å². The zero-order valence-corrected chi connectivity index (χ0v) is 10.1. The van der Waals surface area contributed by atoms with Crippen LogP contribution in [0.3, 0.4) is 0 Å². The third kappa shape index (κ3) is 2.19. The Kier molecular flexibility index (Phi) is 2.89. The molecule has 0 spiro atoms. The SMILES string of the molecule is CCOc1cncc(C(O)C2CC2(C)C)c1. The summed E-state index contributed by atoms with van der Waals surface area (Å²) in [7, 11) is 0. The first kappa shape index (κ1) is 11.4. The van der Waals surface area contributed by atoms with Crippen LogP contribution in [0.2, 0.25) is 0 Å². The molecule has 3 nitrogen and oxygen atoms in total. The van der Waals surface area contributed by atoms with Gasteiger partial charge in [-0.3, -0.25) is 4.98 Å². The Balaban J connectivity index is 2.11. The van der Waals surface area contributed by atoms with Gasteiger partial charge in [-0.05, 0) is 30.7 Å². The first-order valence-electron chi connectivity index (χ1n) is 5.80. The summed E-state index contributed by atoms with van der Waals surface area (Å²) in [5.41, 5.74) is 1.13. The van der Waals surface area contributed by atoms with Crippen molar-refractivity contribution >= 4 is 0 Å². The van der Waals surface area contributed by atoms with Crippen LogP contribution >= 0.6 is 0 Å². The molecule has 16 heavy (non-hydrogen) atoms. The van der Waals surface area contributed by atoms with Gasteiger partial charge in [0.15, 0.2) is 0 Å². The highest BCUT2D eigenvalue weighted by atomic mass is 16.5. The number of aromatic nitrogens is 1. The molecule has 0 aromatic carbocycles. The van der Waals surface area contributed by atoms with Crippen molar-refractivity contribution in [3.8, 4) is 5.75 Å². The first-order valence-corrected chi connectivity index (χ1v) is 5.80. The quantitative estimate of drug-likeness (QED) is 0.849. The van der Waals surface area contributed by atoms with Crippen molar-refractivity contribution in [2.75, 3.05) is 6.61 Å². The fourth-order valence-electron chi connectivity index (χ4n) is 2.12. The third-order valence-electron chi connectivity index (χ3n) is 3.36. The van der Waals surface area contributed by atoms with Crippen LogP contribution in [0.5, 0.6) is 5.75 Å². The van der Waals surface area contributed by atoms with E-state index in [1.54, 1.807) is 12.4 Å². The Morgan fingerprint density at radius 3 is 2.81 bits per heavy atom. The normalized spacial score (nSPS) is 23.9. The molecule has 1 saturated carbocycles. The fourth-order valence-corrected chi connectivity index (χ4v) is 2.12. The smallest absolute Gasteiger partial charge is 0.137 e. The van der Waals surface area contributed by atoms with Crippen LogP contribution in [0.1, 0.15) is 38.9 Å². The van der Waals surface area contributed by atoms with Gasteiger partial charge in [-0.1, -0.05) is 13.8 Å². The summed E-state index contributed by atoms with van der Waals surface area (Å²) < 4.78 is 5.38. The molecule has 1 aliphatic carbocycles. The Morgan fingerprint density at radius 1 is 1.56 bits per heavy atom. The van der Waals surface area contributed by atoms with Crippen molar-refractivity contribution in [2.45, 2.75) is 33.3 Å². The number of pyridine rings is 1. The van der Waals surface area contributed by atoms with Gasteiger partial charge >= 0.3 is 0 Å². The van der Waals surface area contributed by atoms with Gasteiger partial charge in [-0.25, -0.2) is 0 Å². The standard InChI is InChI=1S/C13H19NO2/c1-4-16-10-5-9(7-14-8-10)12(15)11-6-13(11,2)3/h5,7-8,11-12,15H,4,6H2,1-3H3. The maximum atomic E-state index is 10.2. The van der Waals surface area contributed by atoms with Crippen molar-refractivity contribution in [1.29, 1.82) is 0 Å². The average Bonchev–Trinajstić information content (AvgIpc) is 2.88. The maximum Gasteiger partial charge on any atom is 0.137 e. The number of hydrogen-bond donors (Lipinski definition) is 1. The Bertz CT molecular complexity index is 376. The van der Waals surface area contributed by atoms with Crippen molar-refractivity contribution in [3.05, 3.63) is 24.0 Å². The van der Waals surface area contributed by atoms with Gasteiger partial charge in [0, 0.05) is 11.8 Å². The van der Waals surface area contributed by atoms with Crippen LogP contribution in [0, 0.1) is 11.3 Å². The Morgan fingerprint density at radius 2 is 2.25 bits per heavy atom. The van der Waals surface area contributed by atoms with Gasteiger partial charge < -0.3 is 9.84 Å². The van der Waals surface area contributed by atoms with E-state index in [-0.39, 0.29) is 5.41 Å². The molecule has 0 aliphatic heterocycles. The molecule has 0 amide bonds. The summed E-state index contributed by atoms with van der Waals surface area (Å²) in [6, 6.07) is 1.88. The molecule has 1 N–H and O–H groups in total. The van der Waals surface area contributed by atoms with E-state index in [9.17, 15) is 5.11 Å². The second-order valence-corrected chi connectivity index (χ2v) is 5.13. The molecular weight excluding hydrogens is 202 g/mol. The molecule has 1 aromatic rings. The number of ether oxygens (including phenoxy) is 1. The predicted octanol–water partition coefficient (Wildman–Crippen LogP) is 2.56. The summed E-state index contributed by atoms with van der Waals surface area (Å²) in [5.74, 6) is 1.09. The zero-order chi connectivity index (χ0) is 11.8. The van der Waals surface area contributed by atoms with Crippen LogP contribution in [-0.4, -0.2) is 16.7 Å². The lowest BCUT2D eigenvalue weighted by Gasteiger charge is -2.13. The largest absolute Gasteiger partial charge is 0.492 e. The van der Waals surface area contributed by atoms with Gasteiger partial charge in [0.05, 0.1) is 18.9 Å². The van der Waals surface area contributed by atoms with E-state index in [4.69, 9.17) is 4.74 Å². The van der Waals surface area contributed by atoms with Crippen LogP contribution in [0.4, 0.5) is 0 Å². The van der Waals surface area contributed by atoms with E-state index in [1.165, 1.54) is 0 Å². The van der Waals surface area contributed by atoms with Crippen molar-refractivity contribution in [3.63, 3.8) is 0 Å². The van der Waals surface area contributed by atoms with E-state index in [1.807, 2.05) is 13.0 Å². The molecule has 1 aromatic heterocycles. The predicted molar refractivity (Wildman–Crippen MR) is 62.3 cm³/mol. The Hall–Kier alpha value is -1.09. The van der Waals surface area contributed by atoms with Gasteiger partial charge in [0.1, 0.15) is 5.75 Å². The van der Waals surface area contributed by atoms with E-state index >= 15 is 0 Å². The topological polar surface area (TPSA) is 42.4 Å². The van der Waals surface area contributed by atoms with E-state index in [2.05, 4.69) is 18.8 Å². The minimum absolute atomic E-state index is 0.265. The van der Waals surface area contributed by atoms with Crippen molar-refractivity contribution < 1.29 is 9.84 Å². The lowest BCUT2D eigenvalue weighted by Crippen LogP contribution is -2.05. The van der Waals surface area contributed by atoms with E-state index < -0.39 is 6.10 Å². The number of aliphatic hydroxyl groups is 1. The molecule has 1 heterocycles. The lowest BCUT2D eigenvalue weighted by atomic mass is 10.0. The van der Waals surface area contributed by atoms with Gasteiger partial charge in [-0.2, -0.15) is 0 Å². The van der Waals surface area contributed by atoms with Crippen LogP contribution in [-0.2, 0) is 0 Å². The molecule has 3 heteroatoms. The van der Waals surface area contributed by atoms with E-state index in [0.717, 1.165) is 17.7 Å². The number of hydrogen-bond acceptors (Lipinski definition) is 3. The average molecular weight is 221 g/mol. The molecule has 0 saturated heterocycles. The molecule has 1 aliphatic rings. The summed E-state index contributed by atoms with van der Waals surface area (Å²) >= 11 is 0. The highest BCUT2D eigenvalue weighted by Crippen LogP contribution is 2.57. The minimum atomic E-state index is -0.414. The number of nitrogens with zero attached hydrogens (tertiary/aromatic N) is 1. The summed E-state index contributed by atoms with van der Waals surface area (Å²) in [5, 5.41) is 10.2. The minimum Gasteiger partial charge on any atom is -0.492 e. The van der Waals surface area contributed by atoms with Crippen molar-refractivity contribution in [1.82, 2.24) is 4.98 Å². The molecular formula is C13H19NO2. The number of rotatable bonds is 4. The van der Waals surface area contributed by atoms with Gasteiger partial charge in [-0.15, -0.1) is 0 Å². The lowest BCUT2D eigenvalue weighted by molar-refractivity contribution is 0.137. The Labute approximate surface area is 96.5 Å². The van der Waals surface area contributed by atoms with Crippen LogP contribution in [0.25, 0.3) is 0 Å². The molecule has 2 rings (SSSR count). The second kappa shape index (κ2) is 4.06. The van der Waals surface area contributed by atoms with Gasteiger partial charge in [0.25, 0.3) is 0 Å². The summed E-state index contributed by atoms with van der Waals surface area (Å²) in [6.45, 7) is 6.92. The van der Waals surface area contributed by atoms with Crippen LogP contribution in [0.15, 0.2) is 18.5 Å². The molecule has 0 bridgehead atoms. The molecule has 88 valence electrons. The number of aliphatic hydroxyl groups excluding tert-OH is 1. The maximum absolute atomic E-state index is 10.2.